The van der Waals surface area contributed by atoms with Crippen molar-refractivity contribution in [2.45, 2.75) is 57.9 Å². The Balaban J connectivity index is 2.07. The van der Waals surface area contributed by atoms with Gasteiger partial charge in [0.2, 0.25) is 5.91 Å². The van der Waals surface area contributed by atoms with Gasteiger partial charge in [-0.2, -0.15) is 0 Å². The van der Waals surface area contributed by atoms with Gasteiger partial charge in [-0.3, -0.25) is 4.79 Å². The first-order valence-electron chi connectivity index (χ1n) is 6.74. The van der Waals surface area contributed by atoms with Crippen LogP contribution in [0.5, 0.6) is 0 Å². The van der Waals surface area contributed by atoms with E-state index in [4.69, 9.17) is 5.73 Å². The molecule has 0 radical (unpaired) electrons. The van der Waals surface area contributed by atoms with E-state index in [-0.39, 0.29) is 5.41 Å². The molecule has 2 rings (SSSR count). The van der Waals surface area contributed by atoms with Crippen LogP contribution in [0.25, 0.3) is 0 Å². The average molecular weight is 224 g/mol. The molecule has 2 fully saturated rings. The van der Waals surface area contributed by atoms with Crippen molar-refractivity contribution in [3.05, 3.63) is 0 Å². The van der Waals surface area contributed by atoms with E-state index in [9.17, 15) is 4.79 Å². The van der Waals surface area contributed by atoms with Crippen molar-refractivity contribution < 1.29 is 4.79 Å². The minimum absolute atomic E-state index is 0.0300. The molecule has 0 unspecified atom stereocenters. The summed E-state index contributed by atoms with van der Waals surface area (Å²) in [6.07, 6.45) is 8.00. The smallest absolute Gasteiger partial charge is 0.229 e. The Kier molecular flexibility index (Phi) is 3.53. The molecule has 16 heavy (non-hydrogen) atoms. The minimum atomic E-state index is -0.0300. The van der Waals surface area contributed by atoms with Crippen LogP contribution in [0.1, 0.15) is 51.9 Å². The van der Waals surface area contributed by atoms with Gasteiger partial charge in [0.15, 0.2) is 0 Å². The van der Waals surface area contributed by atoms with Crippen molar-refractivity contribution >= 4 is 5.91 Å². The zero-order valence-electron chi connectivity index (χ0n) is 10.4. The fraction of sp³-hybridized carbons (Fsp3) is 0.923. The topological polar surface area (TPSA) is 46.3 Å². The molecule has 0 aromatic heterocycles. The van der Waals surface area contributed by atoms with Crippen molar-refractivity contribution in [2.24, 2.45) is 11.1 Å². The van der Waals surface area contributed by atoms with Gasteiger partial charge in [-0.15, -0.1) is 0 Å². The molecular weight excluding hydrogens is 200 g/mol. The van der Waals surface area contributed by atoms with Crippen molar-refractivity contribution in [1.29, 1.82) is 0 Å². The lowest BCUT2D eigenvalue weighted by atomic mass is 9.82. The van der Waals surface area contributed by atoms with Crippen molar-refractivity contribution in [3.8, 4) is 0 Å². The monoisotopic (exact) mass is 224 g/mol. The van der Waals surface area contributed by atoms with Crippen LogP contribution in [0.4, 0.5) is 0 Å². The van der Waals surface area contributed by atoms with Crippen LogP contribution in [0, 0.1) is 5.41 Å². The third-order valence-electron chi connectivity index (χ3n) is 4.31. The Labute approximate surface area is 98.4 Å². The molecule has 0 aromatic carbocycles. The summed E-state index contributed by atoms with van der Waals surface area (Å²) in [6.45, 7) is 3.52. The Morgan fingerprint density at radius 1 is 1.38 bits per heavy atom. The molecule has 0 spiro atoms. The number of carbonyl (C=O) groups is 1. The SMILES string of the molecule is CCC1(C(=O)N(CCN)C2CC2)CCCC1. The van der Waals surface area contributed by atoms with E-state index in [0.29, 0.717) is 18.5 Å². The molecule has 1 amide bonds. The van der Waals surface area contributed by atoms with Crippen LogP contribution < -0.4 is 5.73 Å². The number of hydrogen-bond acceptors (Lipinski definition) is 2. The quantitative estimate of drug-likeness (QED) is 0.775. The molecule has 0 heterocycles. The first-order valence-corrected chi connectivity index (χ1v) is 6.74. The maximum atomic E-state index is 12.6. The van der Waals surface area contributed by atoms with Gasteiger partial charge >= 0.3 is 0 Å². The molecule has 2 saturated carbocycles. The number of amides is 1. The predicted octanol–water partition coefficient (Wildman–Crippen LogP) is 1.91. The second-order valence-electron chi connectivity index (χ2n) is 5.36. The maximum absolute atomic E-state index is 12.6. The molecule has 0 bridgehead atoms. The fourth-order valence-electron chi connectivity index (χ4n) is 3.05. The normalized spacial score (nSPS) is 23.4. The van der Waals surface area contributed by atoms with E-state index in [2.05, 4.69) is 11.8 Å². The van der Waals surface area contributed by atoms with Gasteiger partial charge in [0.1, 0.15) is 0 Å². The van der Waals surface area contributed by atoms with Crippen LogP contribution >= 0.6 is 0 Å². The Morgan fingerprint density at radius 3 is 2.44 bits per heavy atom. The van der Waals surface area contributed by atoms with Gasteiger partial charge in [-0.25, -0.2) is 0 Å². The molecule has 0 atom stereocenters. The molecule has 2 N–H and O–H groups in total. The first-order chi connectivity index (χ1) is 7.73. The van der Waals surface area contributed by atoms with Crippen LogP contribution in [0.15, 0.2) is 0 Å². The molecule has 2 aliphatic rings. The van der Waals surface area contributed by atoms with Gasteiger partial charge in [-0.05, 0) is 32.1 Å². The molecule has 3 heteroatoms. The molecular formula is C13H24N2O. The molecule has 92 valence electrons. The Hall–Kier alpha value is -0.570. The van der Waals surface area contributed by atoms with Gasteiger partial charge < -0.3 is 10.6 Å². The van der Waals surface area contributed by atoms with Crippen LogP contribution in [0.3, 0.4) is 0 Å². The summed E-state index contributed by atoms with van der Waals surface area (Å²) in [4.78, 5) is 14.7. The van der Waals surface area contributed by atoms with Gasteiger partial charge in [0.25, 0.3) is 0 Å². The van der Waals surface area contributed by atoms with Crippen LogP contribution in [-0.2, 0) is 4.79 Å². The number of nitrogens with zero attached hydrogens (tertiary/aromatic N) is 1. The zero-order valence-corrected chi connectivity index (χ0v) is 10.4. The highest BCUT2D eigenvalue weighted by Crippen LogP contribution is 2.44. The average Bonchev–Trinajstić information content (AvgIpc) is 3.02. The summed E-state index contributed by atoms with van der Waals surface area (Å²) in [5.41, 5.74) is 5.59. The van der Waals surface area contributed by atoms with E-state index >= 15 is 0 Å². The molecule has 0 aromatic rings. The fourth-order valence-corrected chi connectivity index (χ4v) is 3.05. The lowest BCUT2D eigenvalue weighted by molar-refractivity contribution is -0.142. The largest absolute Gasteiger partial charge is 0.338 e. The third-order valence-corrected chi connectivity index (χ3v) is 4.31. The van der Waals surface area contributed by atoms with Crippen LogP contribution in [-0.4, -0.2) is 29.9 Å². The highest BCUT2D eigenvalue weighted by atomic mass is 16.2. The Bertz CT molecular complexity index is 255. The lowest BCUT2D eigenvalue weighted by Crippen LogP contribution is -2.45. The molecule has 0 aliphatic heterocycles. The second-order valence-corrected chi connectivity index (χ2v) is 5.36. The van der Waals surface area contributed by atoms with E-state index in [1.165, 1.54) is 25.7 Å². The van der Waals surface area contributed by atoms with Gasteiger partial charge in [0, 0.05) is 24.5 Å². The number of carbonyl (C=O) groups excluding carboxylic acids is 1. The van der Waals surface area contributed by atoms with E-state index in [0.717, 1.165) is 25.8 Å². The summed E-state index contributed by atoms with van der Waals surface area (Å²) in [6, 6.07) is 0.514. The summed E-state index contributed by atoms with van der Waals surface area (Å²) >= 11 is 0. The highest BCUT2D eigenvalue weighted by Gasteiger charge is 2.45. The maximum Gasteiger partial charge on any atom is 0.229 e. The number of nitrogens with two attached hydrogens (primary N) is 1. The van der Waals surface area contributed by atoms with Crippen LogP contribution in [0.2, 0.25) is 0 Å². The standard InChI is InChI=1S/C13H24N2O/c1-2-13(7-3-4-8-13)12(16)15(10-9-14)11-5-6-11/h11H,2-10,14H2,1H3. The molecule has 3 nitrogen and oxygen atoms in total. The Morgan fingerprint density at radius 2 is 2.00 bits per heavy atom. The van der Waals surface area contributed by atoms with E-state index in [1.54, 1.807) is 0 Å². The summed E-state index contributed by atoms with van der Waals surface area (Å²) < 4.78 is 0. The number of rotatable bonds is 5. The molecule has 0 saturated heterocycles. The second kappa shape index (κ2) is 4.74. The summed E-state index contributed by atoms with van der Waals surface area (Å²) in [5.74, 6) is 0.403. The van der Waals surface area contributed by atoms with Gasteiger partial charge in [0.05, 0.1) is 0 Å². The van der Waals surface area contributed by atoms with Crippen molar-refractivity contribution in [3.63, 3.8) is 0 Å². The third kappa shape index (κ3) is 2.10. The summed E-state index contributed by atoms with van der Waals surface area (Å²) in [7, 11) is 0. The van der Waals surface area contributed by atoms with E-state index < -0.39 is 0 Å². The first kappa shape index (κ1) is 11.9. The van der Waals surface area contributed by atoms with E-state index in [1.807, 2.05) is 0 Å². The predicted molar refractivity (Wildman–Crippen MR) is 65.0 cm³/mol. The lowest BCUT2D eigenvalue weighted by Gasteiger charge is -2.33. The van der Waals surface area contributed by atoms with Crippen molar-refractivity contribution in [2.75, 3.05) is 13.1 Å². The molecule has 2 aliphatic carbocycles. The highest BCUT2D eigenvalue weighted by molar-refractivity contribution is 5.83. The summed E-state index contributed by atoms with van der Waals surface area (Å²) in [5, 5.41) is 0. The zero-order chi connectivity index (χ0) is 11.6. The van der Waals surface area contributed by atoms with Crippen molar-refractivity contribution in [1.82, 2.24) is 4.90 Å². The number of hydrogen-bond donors (Lipinski definition) is 1. The van der Waals surface area contributed by atoms with Gasteiger partial charge in [-0.1, -0.05) is 19.8 Å². The minimum Gasteiger partial charge on any atom is -0.338 e.